The molecular weight excluding hydrogens is 276 g/mol. The Morgan fingerprint density at radius 1 is 1.45 bits per heavy atom. The summed E-state index contributed by atoms with van der Waals surface area (Å²) < 4.78 is 5.29. The van der Waals surface area contributed by atoms with Crippen LogP contribution < -0.4 is 10.6 Å². The molecule has 1 aromatic rings. The van der Waals surface area contributed by atoms with Crippen molar-refractivity contribution in [3.05, 3.63) is 28.8 Å². The molecule has 0 aromatic heterocycles. The maximum atomic E-state index is 11.9. The van der Waals surface area contributed by atoms with Gasteiger partial charge in [0.25, 0.3) is 0 Å². The second-order valence-electron chi connectivity index (χ2n) is 6.05. The van der Waals surface area contributed by atoms with Crippen LogP contribution in [0.4, 0.5) is 10.5 Å². The smallest absolute Gasteiger partial charge is 0.412 e. The third kappa shape index (κ3) is 4.12. The standard InChI is InChI=1S/C15H21ClN2O2/c1-15(2,3)20-14(19)18-13-5-4-11(16)8-12(13)10-6-7-17-9-10/h4-5,8,10,17H,6-7,9H2,1-3H3,(H,18,19). The van der Waals surface area contributed by atoms with Gasteiger partial charge in [-0.15, -0.1) is 0 Å². The van der Waals surface area contributed by atoms with Crippen molar-refractivity contribution in [1.82, 2.24) is 5.32 Å². The van der Waals surface area contributed by atoms with E-state index in [1.165, 1.54) is 0 Å². The Balaban J connectivity index is 2.16. The maximum Gasteiger partial charge on any atom is 0.412 e. The van der Waals surface area contributed by atoms with E-state index in [1.807, 2.05) is 32.9 Å². The van der Waals surface area contributed by atoms with E-state index in [0.29, 0.717) is 10.9 Å². The second kappa shape index (κ2) is 6.02. The molecule has 0 aliphatic carbocycles. The minimum absolute atomic E-state index is 0.374. The highest BCUT2D eigenvalue weighted by atomic mass is 35.5. The highest BCUT2D eigenvalue weighted by molar-refractivity contribution is 6.30. The van der Waals surface area contributed by atoms with Crippen molar-refractivity contribution < 1.29 is 9.53 Å². The van der Waals surface area contributed by atoms with Crippen LogP contribution in [0.2, 0.25) is 5.02 Å². The van der Waals surface area contributed by atoms with Gasteiger partial charge in [-0.1, -0.05) is 11.6 Å². The molecule has 5 heteroatoms. The van der Waals surface area contributed by atoms with E-state index >= 15 is 0 Å². The number of rotatable bonds is 2. The molecule has 0 saturated carbocycles. The normalized spacial score (nSPS) is 18.9. The zero-order valence-electron chi connectivity index (χ0n) is 12.1. The molecule has 1 aromatic carbocycles. The number of benzene rings is 1. The molecule has 20 heavy (non-hydrogen) atoms. The fraction of sp³-hybridized carbons (Fsp3) is 0.533. The number of hydrogen-bond donors (Lipinski definition) is 2. The quantitative estimate of drug-likeness (QED) is 0.873. The van der Waals surface area contributed by atoms with Gasteiger partial charge in [0.05, 0.1) is 0 Å². The van der Waals surface area contributed by atoms with Crippen molar-refractivity contribution in [2.24, 2.45) is 0 Å². The molecule has 1 amide bonds. The zero-order chi connectivity index (χ0) is 14.8. The summed E-state index contributed by atoms with van der Waals surface area (Å²) in [7, 11) is 0. The van der Waals surface area contributed by atoms with Gasteiger partial charge in [-0.05, 0) is 63.4 Å². The van der Waals surface area contributed by atoms with Gasteiger partial charge in [-0.2, -0.15) is 0 Å². The predicted octanol–water partition coefficient (Wildman–Crippen LogP) is 3.76. The van der Waals surface area contributed by atoms with Crippen LogP contribution in [0.3, 0.4) is 0 Å². The van der Waals surface area contributed by atoms with Gasteiger partial charge in [0.2, 0.25) is 0 Å². The largest absolute Gasteiger partial charge is 0.444 e. The van der Waals surface area contributed by atoms with E-state index in [2.05, 4.69) is 10.6 Å². The minimum atomic E-state index is -0.508. The summed E-state index contributed by atoms with van der Waals surface area (Å²) in [6.07, 6.45) is 0.607. The Hall–Kier alpha value is -1.26. The lowest BCUT2D eigenvalue weighted by atomic mass is 9.96. The molecule has 1 heterocycles. The van der Waals surface area contributed by atoms with E-state index in [0.717, 1.165) is 30.8 Å². The molecule has 4 nitrogen and oxygen atoms in total. The molecule has 1 atom stereocenters. The lowest BCUT2D eigenvalue weighted by Crippen LogP contribution is -2.27. The zero-order valence-corrected chi connectivity index (χ0v) is 12.9. The SMILES string of the molecule is CC(C)(C)OC(=O)Nc1ccc(Cl)cc1C1CCNC1. The molecule has 0 bridgehead atoms. The van der Waals surface area contributed by atoms with Crippen LogP contribution in [0.1, 0.15) is 38.7 Å². The van der Waals surface area contributed by atoms with Crippen molar-refractivity contribution in [3.8, 4) is 0 Å². The Bertz CT molecular complexity index is 491. The first-order valence-corrected chi connectivity index (χ1v) is 7.23. The molecule has 1 aliphatic heterocycles. The van der Waals surface area contributed by atoms with E-state index in [1.54, 1.807) is 6.07 Å². The van der Waals surface area contributed by atoms with Crippen molar-refractivity contribution in [2.45, 2.75) is 38.7 Å². The first kappa shape index (κ1) is 15.1. The van der Waals surface area contributed by atoms with Crippen molar-refractivity contribution in [2.75, 3.05) is 18.4 Å². The van der Waals surface area contributed by atoms with Gasteiger partial charge >= 0.3 is 6.09 Å². The summed E-state index contributed by atoms with van der Waals surface area (Å²) in [6.45, 7) is 7.43. The van der Waals surface area contributed by atoms with Gasteiger partial charge in [-0.25, -0.2) is 4.79 Å². The van der Waals surface area contributed by atoms with E-state index < -0.39 is 11.7 Å². The number of carbonyl (C=O) groups excluding carboxylic acids is 1. The Morgan fingerprint density at radius 3 is 2.80 bits per heavy atom. The molecule has 1 aliphatic rings. The Kier molecular flexibility index (Phi) is 4.55. The monoisotopic (exact) mass is 296 g/mol. The van der Waals surface area contributed by atoms with Crippen LogP contribution in [0, 0.1) is 0 Å². The molecule has 110 valence electrons. The minimum Gasteiger partial charge on any atom is -0.444 e. The van der Waals surface area contributed by atoms with Crippen LogP contribution in [0.5, 0.6) is 0 Å². The number of carbonyl (C=O) groups is 1. The molecule has 2 N–H and O–H groups in total. The van der Waals surface area contributed by atoms with Gasteiger partial charge in [-0.3, -0.25) is 5.32 Å². The Morgan fingerprint density at radius 2 is 2.20 bits per heavy atom. The number of hydrogen-bond acceptors (Lipinski definition) is 3. The first-order chi connectivity index (χ1) is 9.35. The summed E-state index contributed by atoms with van der Waals surface area (Å²) in [5.74, 6) is 0.374. The Labute approximate surface area is 124 Å². The number of ether oxygens (including phenoxy) is 1. The summed E-state index contributed by atoms with van der Waals surface area (Å²) >= 11 is 6.07. The van der Waals surface area contributed by atoms with E-state index in [9.17, 15) is 4.79 Å². The molecule has 0 radical (unpaired) electrons. The fourth-order valence-corrected chi connectivity index (χ4v) is 2.50. The van der Waals surface area contributed by atoms with Gasteiger partial charge in [0.15, 0.2) is 0 Å². The molecule has 0 spiro atoms. The molecule has 1 unspecified atom stereocenters. The lowest BCUT2D eigenvalue weighted by molar-refractivity contribution is 0.0636. The highest BCUT2D eigenvalue weighted by Crippen LogP contribution is 2.31. The molecular formula is C15H21ClN2O2. The summed E-state index contributed by atoms with van der Waals surface area (Å²) in [5, 5.41) is 6.83. The van der Waals surface area contributed by atoms with Crippen LogP contribution in [-0.4, -0.2) is 24.8 Å². The second-order valence-corrected chi connectivity index (χ2v) is 6.48. The van der Waals surface area contributed by atoms with Gasteiger partial charge < -0.3 is 10.1 Å². The van der Waals surface area contributed by atoms with Crippen LogP contribution in [0.25, 0.3) is 0 Å². The average molecular weight is 297 g/mol. The predicted molar refractivity (Wildman–Crippen MR) is 81.5 cm³/mol. The number of nitrogens with one attached hydrogen (secondary N) is 2. The van der Waals surface area contributed by atoms with Crippen molar-refractivity contribution in [3.63, 3.8) is 0 Å². The van der Waals surface area contributed by atoms with E-state index in [4.69, 9.17) is 16.3 Å². The van der Waals surface area contributed by atoms with E-state index in [-0.39, 0.29) is 0 Å². The van der Waals surface area contributed by atoms with Crippen LogP contribution in [-0.2, 0) is 4.74 Å². The number of amides is 1. The summed E-state index contributed by atoms with van der Waals surface area (Å²) in [5.41, 5.74) is 1.33. The first-order valence-electron chi connectivity index (χ1n) is 6.85. The van der Waals surface area contributed by atoms with Crippen LogP contribution in [0.15, 0.2) is 18.2 Å². The maximum absolute atomic E-state index is 11.9. The summed E-state index contributed by atoms with van der Waals surface area (Å²) in [6, 6.07) is 5.53. The van der Waals surface area contributed by atoms with Crippen molar-refractivity contribution >= 4 is 23.4 Å². The van der Waals surface area contributed by atoms with Gasteiger partial charge in [0.1, 0.15) is 5.60 Å². The third-order valence-corrected chi connectivity index (χ3v) is 3.38. The molecule has 2 rings (SSSR count). The summed E-state index contributed by atoms with van der Waals surface area (Å²) in [4.78, 5) is 11.9. The van der Waals surface area contributed by atoms with Crippen LogP contribution >= 0.6 is 11.6 Å². The fourth-order valence-electron chi connectivity index (χ4n) is 2.32. The number of halogens is 1. The third-order valence-electron chi connectivity index (χ3n) is 3.15. The molecule has 1 fully saturated rings. The van der Waals surface area contributed by atoms with Gasteiger partial charge in [0, 0.05) is 17.3 Å². The highest BCUT2D eigenvalue weighted by Gasteiger charge is 2.22. The lowest BCUT2D eigenvalue weighted by Gasteiger charge is -2.21. The average Bonchev–Trinajstić information content (AvgIpc) is 2.82. The number of anilines is 1. The topological polar surface area (TPSA) is 50.4 Å². The molecule has 1 saturated heterocycles. The van der Waals surface area contributed by atoms with Crippen molar-refractivity contribution in [1.29, 1.82) is 0 Å².